The van der Waals surface area contributed by atoms with Gasteiger partial charge in [-0.1, -0.05) is 37.3 Å². The summed E-state index contributed by atoms with van der Waals surface area (Å²) in [5.74, 6) is 0. The number of nitrogens with zero attached hydrogens (tertiary/aromatic N) is 1. The van der Waals surface area contributed by atoms with E-state index >= 15 is 0 Å². The first-order valence-corrected chi connectivity index (χ1v) is 5.86. The maximum absolute atomic E-state index is 12.3. The van der Waals surface area contributed by atoms with Crippen molar-refractivity contribution < 1.29 is 18.3 Å². The van der Waals surface area contributed by atoms with Crippen LogP contribution in [-0.2, 0) is 0 Å². The molecule has 0 aromatic heterocycles. The lowest BCUT2D eigenvalue weighted by molar-refractivity contribution is -0.208. The van der Waals surface area contributed by atoms with Crippen molar-refractivity contribution in [3.63, 3.8) is 0 Å². The number of aliphatic hydroxyl groups excluding tert-OH is 1. The molecule has 1 N–H and O–H groups in total. The summed E-state index contributed by atoms with van der Waals surface area (Å²) < 4.78 is 36.9. The number of alkyl halides is 3. The summed E-state index contributed by atoms with van der Waals surface area (Å²) in [4.78, 5) is 1.54. The van der Waals surface area contributed by atoms with Crippen molar-refractivity contribution in [2.75, 3.05) is 13.6 Å². The Morgan fingerprint density at radius 1 is 1.22 bits per heavy atom. The molecule has 2 nitrogen and oxygen atoms in total. The van der Waals surface area contributed by atoms with Crippen LogP contribution in [0, 0.1) is 0 Å². The molecule has 0 spiro atoms. The van der Waals surface area contributed by atoms with Crippen LogP contribution < -0.4 is 0 Å². The molecule has 1 aromatic carbocycles. The summed E-state index contributed by atoms with van der Waals surface area (Å²) in [5, 5.41) is 9.08. The van der Waals surface area contributed by atoms with Crippen molar-refractivity contribution in [3.8, 4) is 0 Å². The normalized spacial score (nSPS) is 15.7. The van der Waals surface area contributed by atoms with E-state index in [1.165, 1.54) is 4.90 Å². The Balaban J connectivity index is 2.72. The standard InChI is InChI=1S/C13H18F3NO/c1-3-11(10-7-5-4-6-8-10)17(2)9-12(18)13(14,15)16/h4-8,11-12,18H,3,9H2,1-2H3. The number of likely N-dealkylation sites (N-methyl/N-ethyl adjacent to an activating group) is 1. The average molecular weight is 261 g/mol. The van der Waals surface area contributed by atoms with Gasteiger partial charge in [0.2, 0.25) is 0 Å². The Labute approximate surface area is 105 Å². The van der Waals surface area contributed by atoms with Crippen molar-refractivity contribution in [3.05, 3.63) is 35.9 Å². The minimum absolute atomic E-state index is 0.122. The molecule has 0 aliphatic carbocycles. The predicted molar refractivity (Wildman–Crippen MR) is 64.2 cm³/mol. The molecule has 102 valence electrons. The van der Waals surface area contributed by atoms with Crippen molar-refractivity contribution in [2.45, 2.75) is 31.7 Å². The Kier molecular flexibility index (Phi) is 5.16. The van der Waals surface area contributed by atoms with Gasteiger partial charge < -0.3 is 5.11 Å². The number of rotatable bonds is 5. The SMILES string of the molecule is CCC(c1ccccc1)N(C)CC(O)C(F)(F)F. The minimum atomic E-state index is -4.57. The fourth-order valence-corrected chi connectivity index (χ4v) is 1.98. The van der Waals surface area contributed by atoms with Crippen LogP contribution in [0.1, 0.15) is 24.9 Å². The van der Waals surface area contributed by atoms with Crippen LogP contribution in [0.15, 0.2) is 30.3 Å². The van der Waals surface area contributed by atoms with Gasteiger partial charge in [0.15, 0.2) is 6.10 Å². The molecule has 0 fully saturated rings. The number of hydrogen-bond donors (Lipinski definition) is 1. The van der Waals surface area contributed by atoms with Gasteiger partial charge in [-0.3, -0.25) is 4.90 Å². The van der Waals surface area contributed by atoms with Crippen molar-refractivity contribution in [1.82, 2.24) is 4.90 Å². The van der Waals surface area contributed by atoms with E-state index in [2.05, 4.69) is 0 Å². The van der Waals surface area contributed by atoms with Gasteiger partial charge >= 0.3 is 6.18 Å². The maximum Gasteiger partial charge on any atom is 0.415 e. The lowest BCUT2D eigenvalue weighted by Gasteiger charge is -2.30. The fraction of sp³-hybridized carbons (Fsp3) is 0.538. The average Bonchev–Trinajstić information content (AvgIpc) is 2.30. The van der Waals surface area contributed by atoms with E-state index in [9.17, 15) is 13.2 Å². The van der Waals surface area contributed by atoms with Gasteiger partial charge in [0.1, 0.15) is 0 Å². The Morgan fingerprint density at radius 3 is 2.22 bits per heavy atom. The zero-order chi connectivity index (χ0) is 13.8. The highest BCUT2D eigenvalue weighted by Gasteiger charge is 2.39. The first-order valence-electron chi connectivity index (χ1n) is 5.86. The summed E-state index contributed by atoms with van der Waals surface area (Å²) in [6.07, 6.45) is -6.19. The second-order valence-corrected chi connectivity index (χ2v) is 4.33. The summed E-state index contributed by atoms with van der Waals surface area (Å²) in [7, 11) is 1.59. The third-order valence-electron chi connectivity index (χ3n) is 2.94. The van der Waals surface area contributed by atoms with Gasteiger partial charge in [0.25, 0.3) is 0 Å². The molecule has 1 rings (SSSR count). The summed E-state index contributed by atoms with van der Waals surface area (Å²) in [5.41, 5.74) is 0.955. The molecule has 0 aliphatic heterocycles. The molecule has 18 heavy (non-hydrogen) atoms. The van der Waals surface area contributed by atoms with E-state index in [0.29, 0.717) is 6.42 Å². The van der Waals surface area contributed by atoms with E-state index in [1.54, 1.807) is 7.05 Å². The van der Waals surface area contributed by atoms with Gasteiger partial charge in [-0.15, -0.1) is 0 Å². The summed E-state index contributed by atoms with van der Waals surface area (Å²) in [6, 6.07) is 9.21. The van der Waals surface area contributed by atoms with Gasteiger partial charge in [-0.2, -0.15) is 13.2 Å². The van der Waals surface area contributed by atoms with Crippen LogP contribution in [0.25, 0.3) is 0 Å². The van der Waals surface area contributed by atoms with Crippen molar-refractivity contribution in [2.24, 2.45) is 0 Å². The number of halogens is 3. The lowest BCUT2D eigenvalue weighted by Crippen LogP contribution is -2.40. The van der Waals surface area contributed by atoms with Gasteiger partial charge in [-0.25, -0.2) is 0 Å². The monoisotopic (exact) mass is 261 g/mol. The van der Waals surface area contributed by atoms with Gasteiger partial charge in [0, 0.05) is 12.6 Å². The molecule has 5 heteroatoms. The Bertz CT molecular complexity index is 353. The maximum atomic E-state index is 12.3. The molecule has 0 bridgehead atoms. The van der Waals surface area contributed by atoms with E-state index in [0.717, 1.165) is 5.56 Å². The number of aliphatic hydroxyl groups is 1. The van der Waals surface area contributed by atoms with Crippen molar-refractivity contribution in [1.29, 1.82) is 0 Å². The molecule has 0 saturated heterocycles. The van der Waals surface area contributed by atoms with Crippen LogP contribution in [0.2, 0.25) is 0 Å². The van der Waals surface area contributed by atoms with Crippen LogP contribution in [0.4, 0.5) is 13.2 Å². The first-order chi connectivity index (χ1) is 8.36. The Morgan fingerprint density at radius 2 is 1.78 bits per heavy atom. The van der Waals surface area contributed by atoms with Crippen LogP contribution >= 0.6 is 0 Å². The van der Waals surface area contributed by atoms with Crippen LogP contribution in [0.5, 0.6) is 0 Å². The highest BCUT2D eigenvalue weighted by Crippen LogP contribution is 2.26. The molecular weight excluding hydrogens is 243 g/mol. The number of benzene rings is 1. The second-order valence-electron chi connectivity index (χ2n) is 4.33. The third-order valence-corrected chi connectivity index (χ3v) is 2.94. The van der Waals surface area contributed by atoms with Gasteiger partial charge in [0.05, 0.1) is 0 Å². The molecule has 0 aliphatic rings. The third kappa shape index (κ3) is 3.99. The molecule has 1 aromatic rings. The van der Waals surface area contributed by atoms with Crippen molar-refractivity contribution >= 4 is 0 Å². The highest BCUT2D eigenvalue weighted by atomic mass is 19.4. The quantitative estimate of drug-likeness (QED) is 0.880. The second kappa shape index (κ2) is 6.20. The topological polar surface area (TPSA) is 23.5 Å². The molecule has 2 unspecified atom stereocenters. The molecule has 0 radical (unpaired) electrons. The molecule has 0 heterocycles. The fourth-order valence-electron chi connectivity index (χ4n) is 1.98. The molecular formula is C13H18F3NO. The largest absolute Gasteiger partial charge is 0.415 e. The predicted octanol–water partition coefficient (Wildman–Crippen LogP) is 2.99. The highest BCUT2D eigenvalue weighted by molar-refractivity contribution is 5.18. The smallest absolute Gasteiger partial charge is 0.382 e. The zero-order valence-corrected chi connectivity index (χ0v) is 10.5. The summed E-state index contributed by atoms with van der Waals surface area (Å²) in [6.45, 7) is 1.49. The van der Waals surface area contributed by atoms with E-state index < -0.39 is 18.8 Å². The van der Waals surface area contributed by atoms with Crippen LogP contribution in [-0.4, -0.2) is 35.9 Å². The molecule has 2 atom stereocenters. The number of hydrogen-bond acceptors (Lipinski definition) is 2. The Hall–Kier alpha value is -1.07. The van der Waals surface area contributed by atoms with Gasteiger partial charge in [-0.05, 0) is 19.0 Å². The molecule has 0 amide bonds. The van der Waals surface area contributed by atoms with E-state index in [4.69, 9.17) is 5.11 Å². The van der Waals surface area contributed by atoms with E-state index in [1.807, 2.05) is 37.3 Å². The zero-order valence-electron chi connectivity index (χ0n) is 10.5. The van der Waals surface area contributed by atoms with E-state index in [-0.39, 0.29) is 6.04 Å². The summed E-state index contributed by atoms with van der Waals surface area (Å²) >= 11 is 0. The van der Waals surface area contributed by atoms with Crippen LogP contribution in [0.3, 0.4) is 0 Å². The molecule has 0 saturated carbocycles. The first kappa shape index (κ1) is 15.0. The minimum Gasteiger partial charge on any atom is -0.382 e. The lowest BCUT2D eigenvalue weighted by atomic mass is 10.0.